The Labute approximate surface area is 114 Å². The third-order valence-electron chi connectivity index (χ3n) is 3.14. The maximum absolute atomic E-state index is 5.35. The number of fused-ring (bicyclic) bond motifs is 2. The van der Waals surface area contributed by atoms with Gasteiger partial charge in [0.1, 0.15) is 5.52 Å². The van der Waals surface area contributed by atoms with E-state index in [4.69, 9.17) is 4.42 Å². The summed E-state index contributed by atoms with van der Waals surface area (Å²) in [6, 6.07) is 14.3. The first kappa shape index (κ1) is 10.7. The normalized spacial score (nSPS) is 13.8. The van der Waals surface area contributed by atoms with E-state index in [0.29, 0.717) is 0 Å². The molecule has 4 heteroatoms. The van der Waals surface area contributed by atoms with Gasteiger partial charge in [-0.2, -0.15) is 0 Å². The summed E-state index contributed by atoms with van der Waals surface area (Å²) in [5.74, 6) is 0. The zero-order valence-electron chi connectivity index (χ0n) is 9.96. The summed E-state index contributed by atoms with van der Waals surface area (Å²) in [6.45, 7) is 0. The topological polar surface area (TPSA) is 38.1 Å². The number of hydrogen-bond donors (Lipinski definition) is 1. The molecule has 1 aliphatic heterocycles. The monoisotopic (exact) mass is 266 g/mol. The summed E-state index contributed by atoms with van der Waals surface area (Å²) >= 11 is 1.63. The number of aromatic nitrogens is 1. The van der Waals surface area contributed by atoms with E-state index in [1.807, 2.05) is 18.2 Å². The summed E-state index contributed by atoms with van der Waals surface area (Å²) in [5.41, 5.74) is 5.04. The molecule has 2 aromatic carbocycles. The van der Waals surface area contributed by atoms with Crippen molar-refractivity contribution in [3.63, 3.8) is 0 Å². The third-order valence-corrected chi connectivity index (χ3v) is 4.05. The van der Waals surface area contributed by atoms with Crippen LogP contribution in [-0.2, 0) is 0 Å². The van der Waals surface area contributed by atoms with Gasteiger partial charge in [0, 0.05) is 10.5 Å². The van der Waals surface area contributed by atoms with E-state index in [2.05, 4.69) is 40.0 Å². The molecule has 1 aromatic heterocycles. The molecule has 0 spiro atoms. The van der Waals surface area contributed by atoms with E-state index >= 15 is 0 Å². The minimum Gasteiger partial charge on any atom is -0.443 e. The average Bonchev–Trinajstić information content (AvgIpc) is 2.95. The standard InChI is InChI=1S/C15H10N2OS/c1-2-7-14-10(4-1)8-12(17-19-14)11-5-3-6-13-15(11)16-9-18-13/h1-9,17H. The maximum atomic E-state index is 5.35. The van der Waals surface area contributed by atoms with Gasteiger partial charge in [-0.1, -0.05) is 30.3 Å². The lowest BCUT2D eigenvalue weighted by molar-refractivity contribution is 0.602. The number of nitrogens with one attached hydrogen (secondary N) is 1. The van der Waals surface area contributed by atoms with Crippen molar-refractivity contribution in [3.05, 3.63) is 60.0 Å². The van der Waals surface area contributed by atoms with Gasteiger partial charge in [-0.15, -0.1) is 0 Å². The lowest BCUT2D eigenvalue weighted by Gasteiger charge is -2.17. The highest BCUT2D eigenvalue weighted by atomic mass is 32.2. The van der Waals surface area contributed by atoms with Gasteiger partial charge in [-0.3, -0.25) is 0 Å². The number of benzene rings is 2. The van der Waals surface area contributed by atoms with E-state index in [0.717, 1.165) is 22.4 Å². The van der Waals surface area contributed by atoms with Crippen LogP contribution in [0.1, 0.15) is 11.1 Å². The molecule has 0 radical (unpaired) electrons. The number of nitrogens with zero attached hydrogens (tertiary/aromatic N) is 1. The first-order chi connectivity index (χ1) is 9.42. The fraction of sp³-hybridized carbons (Fsp3) is 0. The highest BCUT2D eigenvalue weighted by Crippen LogP contribution is 2.33. The molecule has 0 unspecified atom stereocenters. The highest BCUT2D eigenvalue weighted by Gasteiger charge is 2.14. The molecular formula is C15H10N2OS. The second-order valence-corrected chi connectivity index (χ2v) is 5.15. The molecule has 1 N–H and O–H groups in total. The molecule has 3 nitrogen and oxygen atoms in total. The average molecular weight is 266 g/mol. The zero-order valence-corrected chi connectivity index (χ0v) is 10.8. The van der Waals surface area contributed by atoms with Crippen LogP contribution in [0.25, 0.3) is 22.9 Å². The van der Waals surface area contributed by atoms with Crippen molar-refractivity contribution in [1.82, 2.24) is 9.71 Å². The Morgan fingerprint density at radius 1 is 1.05 bits per heavy atom. The minimum atomic E-state index is 0.809. The summed E-state index contributed by atoms with van der Waals surface area (Å²) in [5, 5.41) is 0. The van der Waals surface area contributed by atoms with Crippen LogP contribution in [0.2, 0.25) is 0 Å². The molecule has 1 aliphatic rings. The van der Waals surface area contributed by atoms with Crippen molar-refractivity contribution in [1.29, 1.82) is 0 Å². The van der Waals surface area contributed by atoms with E-state index in [1.54, 1.807) is 11.9 Å². The molecule has 0 bridgehead atoms. The van der Waals surface area contributed by atoms with Gasteiger partial charge in [0.05, 0.1) is 5.70 Å². The van der Waals surface area contributed by atoms with Crippen molar-refractivity contribution in [2.45, 2.75) is 4.90 Å². The predicted octanol–water partition coefficient (Wildman–Crippen LogP) is 3.94. The Morgan fingerprint density at radius 3 is 3.00 bits per heavy atom. The van der Waals surface area contributed by atoms with Gasteiger partial charge in [-0.05, 0) is 35.7 Å². The van der Waals surface area contributed by atoms with E-state index in [-0.39, 0.29) is 0 Å². The Morgan fingerprint density at radius 2 is 2.00 bits per heavy atom. The van der Waals surface area contributed by atoms with Crippen LogP contribution in [0.4, 0.5) is 0 Å². The van der Waals surface area contributed by atoms with Crippen molar-refractivity contribution in [3.8, 4) is 0 Å². The van der Waals surface area contributed by atoms with Crippen molar-refractivity contribution < 1.29 is 4.42 Å². The minimum absolute atomic E-state index is 0.809. The lowest BCUT2D eigenvalue weighted by Crippen LogP contribution is -2.07. The predicted molar refractivity (Wildman–Crippen MR) is 77.3 cm³/mol. The molecule has 2 heterocycles. The number of para-hydroxylation sites is 1. The van der Waals surface area contributed by atoms with Gasteiger partial charge in [0.15, 0.2) is 12.0 Å². The van der Waals surface area contributed by atoms with Crippen LogP contribution in [0.15, 0.2) is 58.2 Å². The van der Waals surface area contributed by atoms with Crippen LogP contribution < -0.4 is 4.72 Å². The Kier molecular flexibility index (Phi) is 2.35. The van der Waals surface area contributed by atoms with E-state index < -0.39 is 0 Å². The van der Waals surface area contributed by atoms with Crippen molar-refractivity contribution in [2.75, 3.05) is 0 Å². The van der Waals surface area contributed by atoms with E-state index in [9.17, 15) is 0 Å². The summed E-state index contributed by atoms with van der Waals surface area (Å²) in [4.78, 5) is 5.53. The number of hydrogen-bond acceptors (Lipinski definition) is 4. The molecule has 0 saturated carbocycles. The number of rotatable bonds is 1. The van der Waals surface area contributed by atoms with Crippen LogP contribution >= 0.6 is 11.9 Å². The summed E-state index contributed by atoms with van der Waals surface area (Å²) in [6.07, 6.45) is 3.63. The Balaban J connectivity index is 1.90. The second-order valence-electron chi connectivity index (χ2n) is 4.30. The quantitative estimate of drug-likeness (QED) is 0.677. The molecule has 0 amide bonds. The van der Waals surface area contributed by atoms with Gasteiger partial charge < -0.3 is 9.14 Å². The fourth-order valence-electron chi connectivity index (χ4n) is 2.22. The molecule has 19 heavy (non-hydrogen) atoms. The van der Waals surface area contributed by atoms with Gasteiger partial charge in [-0.25, -0.2) is 4.98 Å². The summed E-state index contributed by atoms with van der Waals surface area (Å²) < 4.78 is 8.72. The zero-order chi connectivity index (χ0) is 12.7. The first-order valence-corrected chi connectivity index (χ1v) is 6.80. The van der Waals surface area contributed by atoms with E-state index in [1.165, 1.54) is 16.9 Å². The molecule has 4 rings (SSSR count). The molecule has 0 atom stereocenters. The molecule has 92 valence electrons. The second kappa shape index (κ2) is 4.17. The van der Waals surface area contributed by atoms with Crippen molar-refractivity contribution in [2.24, 2.45) is 0 Å². The Hall–Kier alpha value is -2.20. The first-order valence-electron chi connectivity index (χ1n) is 5.98. The third kappa shape index (κ3) is 1.72. The lowest BCUT2D eigenvalue weighted by atomic mass is 10.1. The van der Waals surface area contributed by atoms with Crippen LogP contribution in [-0.4, -0.2) is 4.98 Å². The molecule has 0 saturated heterocycles. The molecular weight excluding hydrogens is 256 g/mol. The van der Waals surface area contributed by atoms with Crippen LogP contribution in [0.5, 0.6) is 0 Å². The Bertz CT molecular complexity index is 791. The largest absolute Gasteiger partial charge is 0.443 e. The van der Waals surface area contributed by atoms with Gasteiger partial charge >= 0.3 is 0 Å². The molecule has 0 fully saturated rings. The van der Waals surface area contributed by atoms with Crippen LogP contribution in [0.3, 0.4) is 0 Å². The maximum Gasteiger partial charge on any atom is 0.182 e. The SMILES string of the molecule is C1=C(c2cccc3ocnc23)NSc2ccccc21. The smallest absolute Gasteiger partial charge is 0.182 e. The number of oxazole rings is 1. The molecule has 0 aliphatic carbocycles. The van der Waals surface area contributed by atoms with Crippen molar-refractivity contribution >= 4 is 34.8 Å². The van der Waals surface area contributed by atoms with Gasteiger partial charge in [0.2, 0.25) is 0 Å². The molecule has 3 aromatic rings. The van der Waals surface area contributed by atoms with Gasteiger partial charge in [0.25, 0.3) is 0 Å². The fourth-order valence-corrected chi connectivity index (χ4v) is 3.00. The highest BCUT2D eigenvalue weighted by molar-refractivity contribution is 7.97. The summed E-state index contributed by atoms with van der Waals surface area (Å²) in [7, 11) is 0. The van der Waals surface area contributed by atoms with Crippen LogP contribution in [0, 0.1) is 0 Å².